The Kier molecular flexibility index (Phi) is 6.26. The highest BCUT2D eigenvalue weighted by Gasteiger charge is 2.30. The number of halogens is 1. The molecule has 0 aliphatic carbocycles. The van der Waals surface area contributed by atoms with Crippen molar-refractivity contribution in [2.24, 2.45) is 13.0 Å². The highest BCUT2D eigenvalue weighted by atomic mass is 19.1. The van der Waals surface area contributed by atoms with Crippen molar-refractivity contribution < 1.29 is 9.18 Å². The van der Waals surface area contributed by atoms with Crippen LogP contribution < -0.4 is 0 Å². The number of benzene rings is 1. The van der Waals surface area contributed by atoms with Crippen LogP contribution in [0.1, 0.15) is 37.8 Å². The molecule has 6 heteroatoms. The number of likely N-dealkylation sites (tertiary alicyclic amines) is 1. The predicted octanol–water partition coefficient (Wildman–Crippen LogP) is 3.21. The average molecular weight is 372 g/mol. The molecule has 1 aromatic heterocycles. The van der Waals surface area contributed by atoms with E-state index in [0.717, 1.165) is 37.1 Å². The van der Waals surface area contributed by atoms with Crippen molar-refractivity contribution in [1.29, 1.82) is 0 Å². The van der Waals surface area contributed by atoms with Crippen molar-refractivity contribution in [2.45, 2.75) is 45.8 Å². The molecule has 0 N–H and O–H groups in total. The van der Waals surface area contributed by atoms with Crippen LogP contribution in [0.5, 0.6) is 0 Å². The van der Waals surface area contributed by atoms with Gasteiger partial charge in [0.15, 0.2) is 0 Å². The SMILES string of the molecule is CC(C)N(Cc1cnn(C)c1)C(=O)C1CCCN(Cc2cccc(F)c2)C1. The van der Waals surface area contributed by atoms with Crippen molar-refractivity contribution in [2.75, 3.05) is 13.1 Å². The zero-order valence-corrected chi connectivity index (χ0v) is 16.4. The summed E-state index contributed by atoms with van der Waals surface area (Å²) < 4.78 is 15.2. The minimum atomic E-state index is -0.209. The molecule has 1 unspecified atom stereocenters. The first kappa shape index (κ1) is 19.5. The smallest absolute Gasteiger partial charge is 0.227 e. The zero-order chi connectivity index (χ0) is 19.4. The second kappa shape index (κ2) is 8.65. The van der Waals surface area contributed by atoms with Gasteiger partial charge in [0.2, 0.25) is 5.91 Å². The van der Waals surface area contributed by atoms with E-state index in [1.807, 2.05) is 30.4 Å². The van der Waals surface area contributed by atoms with E-state index < -0.39 is 0 Å². The van der Waals surface area contributed by atoms with Gasteiger partial charge in [-0.1, -0.05) is 12.1 Å². The van der Waals surface area contributed by atoms with Gasteiger partial charge >= 0.3 is 0 Å². The monoisotopic (exact) mass is 372 g/mol. The summed E-state index contributed by atoms with van der Waals surface area (Å²) in [6.45, 7) is 7.07. The lowest BCUT2D eigenvalue weighted by Gasteiger charge is -2.36. The third kappa shape index (κ3) is 5.16. The van der Waals surface area contributed by atoms with Gasteiger partial charge in [-0.2, -0.15) is 5.10 Å². The van der Waals surface area contributed by atoms with Crippen LogP contribution in [0.15, 0.2) is 36.7 Å². The summed E-state index contributed by atoms with van der Waals surface area (Å²) in [6.07, 6.45) is 5.68. The summed E-state index contributed by atoms with van der Waals surface area (Å²) in [5.41, 5.74) is 2.01. The Morgan fingerprint density at radius 3 is 2.85 bits per heavy atom. The number of hydrogen-bond acceptors (Lipinski definition) is 3. The molecule has 1 aliphatic rings. The lowest BCUT2D eigenvalue weighted by molar-refractivity contribution is -0.140. The van der Waals surface area contributed by atoms with E-state index >= 15 is 0 Å². The molecule has 146 valence electrons. The highest BCUT2D eigenvalue weighted by Crippen LogP contribution is 2.23. The van der Waals surface area contributed by atoms with Gasteiger partial charge in [0.05, 0.1) is 12.1 Å². The normalized spacial score (nSPS) is 18.0. The molecule has 1 aromatic carbocycles. The first-order chi connectivity index (χ1) is 12.9. The van der Waals surface area contributed by atoms with Gasteiger partial charge in [0.25, 0.3) is 0 Å². The molecule has 1 aliphatic heterocycles. The minimum absolute atomic E-state index is 0.00798. The second-order valence-corrected chi connectivity index (χ2v) is 7.79. The quantitative estimate of drug-likeness (QED) is 0.782. The number of carbonyl (C=O) groups excluding carboxylic acids is 1. The maximum atomic E-state index is 13.4. The van der Waals surface area contributed by atoms with Crippen molar-refractivity contribution in [3.05, 3.63) is 53.6 Å². The summed E-state index contributed by atoms with van der Waals surface area (Å²) in [5.74, 6) is -0.0104. The van der Waals surface area contributed by atoms with E-state index in [2.05, 4.69) is 23.8 Å². The van der Waals surface area contributed by atoms with Crippen LogP contribution in [-0.2, 0) is 24.9 Å². The molecule has 2 heterocycles. The summed E-state index contributed by atoms with van der Waals surface area (Å²) in [6, 6.07) is 6.86. The molecule has 0 radical (unpaired) electrons. The van der Waals surface area contributed by atoms with Gasteiger partial charge in [-0.15, -0.1) is 0 Å². The van der Waals surface area contributed by atoms with Gasteiger partial charge in [0.1, 0.15) is 5.82 Å². The Hall–Kier alpha value is -2.21. The van der Waals surface area contributed by atoms with Crippen LogP contribution in [-0.4, -0.2) is 44.6 Å². The third-order valence-corrected chi connectivity index (χ3v) is 5.17. The number of aryl methyl sites for hydroxylation is 1. The van der Waals surface area contributed by atoms with Crippen molar-refractivity contribution in [3.8, 4) is 0 Å². The van der Waals surface area contributed by atoms with Crippen LogP contribution in [0.4, 0.5) is 4.39 Å². The van der Waals surface area contributed by atoms with E-state index in [9.17, 15) is 9.18 Å². The predicted molar refractivity (Wildman–Crippen MR) is 103 cm³/mol. The summed E-state index contributed by atoms with van der Waals surface area (Å²) in [5, 5.41) is 4.21. The third-order valence-electron chi connectivity index (χ3n) is 5.17. The number of nitrogens with zero attached hydrogens (tertiary/aromatic N) is 4. The molecular weight excluding hydrogens is 343 g/mol. The van der Waals surface area contributed by atoms with Crippen molar-refractivity contribution in [3.63, 3.8) is 0 Å². The molecule has 1 fully saturated rings. The number of amides is 1. The molecule has 2 aromatic rings. The second-order valence-electron chi connectivity index (χ2n) is 7.79. The fourth-order valence-corrected chi connectivity index (χ4v) is 3.79. The lowest BCUT2D eigenvalue weighted by Crippen LogP contribution is -2.46. The maximum absolute atomic E-state index is 13.4. The van der Waals surface area contributed by atoms with Crippen LogP contribution in [0.2, 0.25) is 0 Å². The molecule has 0 saturated carbocycles. The van der Waals surface area contributed by atoms with Gasteiger partial charge in [-0.05, 0) is 50.9 Å². The summed E-state index contributed by atoms with van der Waals surface area (Å²) >= 11 is 0. The van der Waals surface area contributed by atoms with E-state index in [0.29, 0.717) is 13.1 Å². The van der Waals surface area contributed by atoms with Crippen LogP contribution in [0, 0.1) is 11.7 Å². The number of hydrogen-bond donors (Lipinski definition) is 0. The van der Waals surface area contributed by atoms with Crippen LogP contribution >= 0.6 is 0 Å². The highest BCUT2D eigenvalue weighted by molar-refractivity contribution is 5.79. The first-order valence-electron chi connectivity index (χ1n) is 9.67. The van der Waals surface area contributed by atoms with Crippen molar-refractivity contribution in [1.82, 2.24) is 19.6 Å². The van der Waals surface area contributed by atoms with Crippen LogP contribution in [0.3, 0.4) is 0 Å². The molecule has 3 rings (SSSR count). The molecule has 1 amide bonds. The Morgan fingerprint density at radius 1 is 1.37 bits per heavy atom. The van der Waals surface area contributed by atoms with E-state index in [4.69, 9.17) is 0 Å². The number of aromatic nitrogens is 2. The molecular formula is C21H29FN4O. The number of piperidine rings is 1. The Bertz CT molecular complexity index is 773. The van der Waals surface area contributed by atoms with Gasteiger partial charge in [-0.25, -0.2) is 4.39 Å². The standard InChI is InChI=1S/C21H29FN4O/c1-16(2)26(14-18-11-23-24(3)12-18)21(27)19-7-5-9-25(15-19)13-17-6-4-8-20(22)10-17/h4,6,8,10-12,16,19H,5,7,9,13-15H2,1-3H3. The molecule has 5 nitrogen and oxygen atoms in total. The van der Waals surface area contributed by atoms with E-state index in [-0.39, 0.29) is 23.7 Å². The summed E-state index contributed by atoms with van der Waals surface area (Å²) in [7, 11) is 1.89. The minimum Gasteiger partial charge on any atom is -0.336 e. The first-order valence-corrected chi connectivity index (χ1v) is 9.67. The zero-order valence-electron chi connectivity index (χ0n) is 16.4. The number of rotatable bonds is 6. The van der Waals surface area contributed by atoms with Crippen LogP contribution in [0.25, 0.3) is 0 Å². The van der Waals surface area contributed by atoms with Gasteiger partial charge < -0.3 is 4.90 Å². The summed E-state index contributed by atoms with van der Waals surface area (Å²) in [4.78, 5) is 17.4. The molecule has 27 heavy (non-hydrogen) atoms. The van der Waals surface area contributed by atoms with Gasteiger partial charge in [-0.3, -0.25) is 14.4 Å². The Labute approximate surface area is 160 Å². The molecule has 0 spiro atoms. The maximum Gasteiger partial charge on any atom is 0.227 e. The average Bonchev–Trinajstić information content (AvgIpc) is 3.04. The molecule has 1 saturated heterocycles. The van der Waals surface area contributed by atoms with E-state index in [1.54, 1.807) is 16.8 Å². The fourth-order valence-electron chi connectivity index (χ4n) is 3.79. The number of carbonyl (C=O) groups is 1. The lowest BCUT2D eigenvalue weighted by atomic mass is 9.95. The Balaban J connectivity index is 1.65. The Morgan fingerprint density at radius 2 is 2.19 bits per heavy atom. The molecule has 1 atom stereocenters. The topological polar surface area (TPSA) is 41.4 Å². The van der Waals surface area contributed by atoms with Crippen molar-refractivity contribution >= 4 is 5.91 Å². The van der Waals surface area contributed by atoms with E-state index in [1.165, 1.54) is 6.07 Å². The molecule has 0 bridgehead atoms. The largest absolute Gasteiger partial charge is 0.336 e. The fraction of sp³-hybridized carbons (Fsp3) is 0.524. The van der Waals surface area contributed by atoms with Gasteiger partial charge in [0, 0.05) is 44.5 Å².